The largest absolute Gasteiger partial charge is 0.507 e. The van der Waals surface area contributed by atoms with E-state index in [1.165, 1.54) is 5.69 Å². The zero-order valence-corrected chi connectivity index (χ0v) is 12.5. The lowest BCUT2D eigenvalue weighted by atomic mass is 10.1. The standard InChI is InChI=1S/C16H23N3O/c1-12-6-4-7-15(16(12)20)11-17-8-5-9-19-14(3)10-13(2)18-19/h4,6-7,10,17,20H,5,8-9,11H2,1-3H3. The third-order valence-electron chi connectivity index (χ3n) is 3.46. The van der Waals surface area contributed by atoms with Crippen molar-refractivity contribution in [2.24, 2.45) is 0 Å². The summed E-state index contributed by atoms with van der Waals surface area (Å²) in [5.41, 5.74) is 4.15. The molecule has 0 unspecified atom stereocenters. The van der Waals surface area contributed by atoms with Crippen LogP contribution in [0.1, 0.15) is 28.9 Å². The summed E-state index contributed by atoms with van der Waals surface area (Å²) in [4.78, 5) is 0. The van der Waals surface area contributed by atoms with Crippen molar-refractivity contribution in [2.45, 2.75) is 40.3 Å². The molecule has 0 fully saturated rings. The van der Waals surface area contributed by atoms with Crippen LogP contribution in [0, 0.1) is 20.8 Å². The van der Waals surface area contributed by atoms with Crippen LogP contribution in [0.4, 0.5) is 0 Å². The second kappa shape index (κ2) is 6.57. The Morgan fingerprint density at radius 3 is 2.75 bits per heavy atom. The molecule has 0 aliphatic carbocycles. The van der Waals surface area contributed by atoms with Gasteiger partial charge in [0.25, 0.3) is 0 Å². The van der Waals surface area contributed by atoms with E-state index < -0.39 is 0 Å². The average Bonchev–Trinajstić information content (AvgIpc) is 2.72. The Hall–Kier alpha value is -1.81. The molecule has 0 amide bonds. The molecule has 2 N–H and O–H groups in total. The van der Waals surface area contributed by atoms with E-state index in [4.69, 9.17) is 0 Å². The van der Waals surface area contributed by atoms with Crippen LogP contribution < -0.4 is 5.32 Å². The Morgan fingerprint density at radius 2 is 2.05 bits per heavy atom. The molecule has 108 valence electrons. The molecule has 1 heterocycles. The lowest BCUT2D eigenvalue weighted by Gasteiger charge is -2.09. The smallest absolute Gasteiger partial charge is 0.122 e. The topological polar surface area (TPSA) is 50.1 Å². The predicted octanol–water partition coefficient (Wildman–Crippen LogP) is 2.69. The number of para-hydroxylation sites is 1. The van der Waals surface area contributed by atoms with Gasteiger partial charge in [-0.15, -0.1) is 0 Å². The summed E-state index contributed by atoms with van der Waals surface area (Å²) in [7, 11) is 0. The fourth-order valence-corrected chi connectivity index (χ4v) is 2.34. The first-order valence-electron chi connectivity index (χ1n) is 7.07. The summed E-state index contributed by atoms with van der Waals surface area (Å²) in [5, 5.41) is 17.7. The Morgan fingerprint density at radius 1 is 1.25 bits per heavy atom. The highest BCUT2D eigenvalue weighted by Gasteiger charge is 2.03. The SMILES string of the molecule is Cc1cc(C)n(CCCNCc2cccc(C)c2O)n1. The number of nitrogens with one attached hydrogen (secondary N) is 1. The number of phenolic OH excluding ortho intramolecular Hbond substituents is 1. The van der Waals surface area contributed by atoms with Gasteiger partial charge in [0.1, 0.15) is 5.75 Å². The predicted molar refractivity (Wildman–Crippen MR) is 80.9 cm³/mol. The molecule has 0 aliphatic heterocycles. The number of aromatic nitrogens is 2. The minimum absolute atomic E-state index is 0.401. The van der Waals surface area contributed by atoms with Gasteiger partial charge < -0.3 is 10.4 Å². The molecule has 0 radical (unpaired) electrons. The third-order valence-corrected chi connectivity index (χ3v) is 3.46. The van der Waals surface area contributed by atoms with Crippen molar-refractivity contribution < 1.29 is 5.11 Å². The van der Waals surface area contributed by atoms with Crippen LogP contribution in [0.25, 0.3) is 0 Å². The summed E-state index contributed by atoms with van der Waals surface area (Å²) in [6.07, 6.45) is 1.02. The van der Waals surface area contributed by atoms with E-state index in [0.717, 1.165) is 36.3 Å². The third kappa shape index (κ3) is 3.61. The molecular weight excluding hydrogens is 250 g/mol. The van der Waals surface area contributed by atoms with Crippen LogP contribution in [0.15, 0.2) is 24.3 Å². The molecule has 4 heteroatoms. The first kappa shape index (κ1) is 14.6. The minimum Gasteiger partial charge on any atom is -0.507 e. The first-order valence-corrected chi connectivity index (χ1v) is 7.07. The van der Waals surface area contributed by atoms with Crippen molar-refractivity contribution in [3.8, 4) is 5.75 Å². The van der Waals surface area contributed by atoms with E-state index in [0.29, 0.717) is 12.3 Å². The lowest BCUT2D eigenvalue weighted by molar-refractivity contribution is 0.458. The van der Waals surface area contributed by atoms with E-state index in [9.17, 15) is 5.11 Å². The summed E-state index contributed by atoms with van der Waals surface area (Å²) >= 11 is 0. The second-order valence-corrected chi connectivity index (χ2v) is 5.26. The Balaban J connectivity index is 1.74. The van der Waals surface area contributed by atoms with Gasteiger partial charge in [-0.2, -0.15) is 5.10 Å². The Kier molecular flexibility index (Phi) is 4.79. The molecule has 0 spiro atoms. The molecule has 0 aliphatic rings. The van der Waals surface area contributed by atoms with Crippen LogP contribution >= 0.6 is 0 Å². The number of rotatable bonds is 6. The average molecular weight is 273 g/mol. The van der Waals surface area contributed by atoms with Gasteiger partial charge >= 0.3 is 0 Å². The van der Waals surface area contributed by atoms with Crippen molar-refractivity contribution in [1.82, 2.24) is 15.1 Å². The van der Waals surface area contributed by atoms with Gasteiger partial charge in [-0.05, 0) is 45.4 Å². The van der Waals surface area contributed by atoms with Crippen molar-refractivity contribution >= 4 is 0 Å². The number of aromatic hydroxyl groups is 1. The molecule has 0 atom stereocenters. The lowest BCUT2D eigenvalue weighted by Crippen LogP contribution is -2.17. The van der Waals surface area contributed by atoms with Crippen LogP contribution in [0.2, 0.25) is 0 Å². The van der Waals surface area contributed by atoms with Gasteiger partial charge in [0.05, 0.1) is 5.69 Å². The van der Waals surface area contributed by atoms with E-state index in [1.807, 2.05) is 36.7 Å². The van der Waals surface area contributed by atoms with Gasteiger partial charge in [0.2, 0.25) is 0 Å². The normalized spacial score (nSPS) is 10.9. The van der Waals surface area contributed by atoms with Gasteiger partial charge in [-0.1, -0.05) is 18.2 Å². The first-order chi connectivity index (χ1) is 9.58. The van der Waals surface area contributed by atoms with Gasteiger partial charge in [0.15, 0.2) is 0 Å². The molecule has 1 aromatic carbocycles. The number of hydrogen-bond acceptors (Lipinski definition) is 3. The summed E-state index contributed by atoms with van der Waals surface area (Å²) < 4.78 is 2.04. The maximum atomic E-state index is 9.92. The van der Waals surface area contributed by atoms with Crippen LogP contribution in [-0.2, 0) is 13.1 Å². The molecule has 0 saturated carbocycles. The molecular formula is C16H23N3O. The molecule has 4 nitrogen and oxygen atoms in total. The summed E-state index contributed by atoms with van der Waals surface area (Å²) in [6, 6.07) is 7.94. The minimum atomic E-state index is 0.401. The van der Waals surface area contributed by atoms with Crippen molar-refractivity contribution in [2.75, 3.05) is 6.54 Å². The van der Waals surface area contributed by atoms with Crippen molar-refractivity contribution in [1.29, 1.82) is 0 Å². The number of aryl methyl sites for hydroxylation is 4. The number of benzene rings is 1. The van der Waals surface area contributed by atoms with E-state index in [2.05, 4.69) is 23.4 Å². The van der Waals surface area contributed by atoms with Gasteiger partial charge in [-0.3, -0.25) is 4.68 Å². The zero-order chi connectivity index (χ0) is 14.5. The zero-order valence-electron chi connectivity index (χ0n) is 12.5. The highest BCUT2D eigenvalue weighted by molar-refractivity contribution is 5.39. The maximum absolute atomic E-state index is 9.92. The maximum Gasteiger partial charge on any atom is 0.122 e. The summed E-state index contributed by atoms with van der Waals surface area (Å²) in [6.45, 7) is 8.55. The van der Waals surface area contributed by atoms with Crippen molar-refractivity contribution in [3.05, 3.63) is 46.8 Å². The monoisotopic (exact) mass is 273 g/mol. The van der Waals surface area contributed by atoms with Crippen LogP contribution in [0.3, 0.4) is 0 Å². The van der Waals surface area contributed by atoms with Gasteiger partial charge in [0, 0.05) is 24.3 Å². The molecule has 2 aromatic rings. The molecule has 2 rings (SSSR count). The number of nitrogens with zero attached hydrogens (tertiary/aromatic N) is 2. The molecule has 0 saturated heterocycles. The van der Waals surface area contributed by atoms with Crippen LogP contribution in [-0.4, -0.2) is 21.4 Å². The summed E-state index contributed by atoms with van der Waals surface area (Å²) in [5.74, 6) is 0.401. The fraction of sp³-hybridized carbons (Fsp3) is 0.438. The second-order valence-electron chi connectivity index (χ2n) is 5.26. The molecule has 20 heavy (non-hydrogen) atoms. The van der Waals surface area contributed by atoms with E-state index in [1.54, 1.807) is 0 Å². The molecule has 0 bridgehead atoms. The number of phenols is 1. The highest BCUT2D eigenvalue weighted by Crippen LogP contribution is 2.20. The Labute approximate surface area is 120 Å². The highest BCUT2D eigenvalue weighted by atomic mass is 16.3. The number of hydrogen-bond donors (Lipinski definition) is 2. The quantitative estimate of drug-likeness (QED) is 0.796. The van der Waals surface area contributed by atoms with Crippen molar-refractivity contribution in [3.63, 3.8) is 0 Å². The Bertz CT molecular complexity index is 575. The fourth-order valence-electron chi connectivity index (χ4n) is 2.34. The van der Waals surface area contributed by atoms with Crippen LogP contribution in [0.5, 0.6) is 5.75 Å². The molecule has 1 aromatic heterocycles. The van der Waals surface area contributed by atoms with E-state index >= 15 is 0 Å². The van der Waals surface area contributed by atoms with E-state index in [-0.39, 0.29) is 0 Å². The van der Waals surface area contributed by atoms with Gasteiger partial charge in [-0.25, -0.2) is 0 Å².